The van der Waals surface area contributed by atoms with Gasteiger partial charge in [-0.15, -0.1) is 0 Å². The predicted octanol–water partition coefficient (Wildman–Crippen LogP) is -2.21. The van der Waals surface area contributed by atoms with E-state index in [1.54, 1.807) is 0 Å². The molecule has 0 aliphatic rings. The minimum absolute atomic E-state index is 1.35. The second-order valence-electron chi connectivity index (χ2n) is 3.52. The predicted molar refractivity (Wildman–Crippen MR) is 69.4 cm³/mol. The van der Waals surface area contributed by atoms with Crippen molar-refractivity contribution in [1.82, 2.24) is 0 Å². The van der Waals surface area contributed by atoms with E-state index in [1.807, 2.05) is 0 Å². The molecule has 0 aromatic carbocycles. The van der Waals surface area contributed by atoms with E-state index >= 15 is 0 Å². The van der Waals surface area contributed by atoms with Gasteiger partial charge in [-0.25, -0.2) is 0 Å². The van der Waals surface area contributed by atoms with E-state index in [1.165, 1.54) is 0 Å². The third-order valence-electron chi connectivity index (χ3n) is 1.82. The van der Waals surface area contributed by atoms with Gasteiger partial charge in [0, 0.05) is 0 Å². The summed E-state index contributed by atoms with van der Waals surface area (Å²) in [5, 5.41) is 11.9. The Balaban J connectivity index is 0. The third-order valence-corrected chi connectivity index (χ3v) is 8.44. The van der Waals surface area contributed by atoms with Crippen LogP contribution in [0.3, 0.4) is 0 Å². The van der Waals surface area contributed by atoms with Gasteiger partial charge in [0.2, 0.25) is 0 Å². The van der Waals surface area contributed by atoms with Crippen molar-refractivity contribution < 1.29 is 67.6 Å². The zero-order chi connectivity index (χ0) is 18.8. The van der Waals surface area contributed by atoms with Gasteiger partial charge in [-0.05, 0) is 0 Å². The summed E-state index contributed by atoms with van der Waals surface area (Å²) in [7, 11) is -20.6. The molecule has 0 fully saturated rings. The molecule has 0 atom stereocenters. The highest BCUT2D eigenvalue weighted by Crippen LogP contribution is 2.67. The summed E-state index contributed by atoms with van der Waals surface area (Å²) in [6.07, 6.45) is 0. The van der Waals surface area contributed by atoms with Crippen LogP contribution in [0.4, 0.5) is 0 Å². The van der Waals surface area contributed by atoms with E-state index in [0.29, 0.717) is 0 Å². The van der Waals surface area contributed by atoms with Gasteiger partial charge < -0.3 is 49.4 Å². The Morgan fingerprint density at radius 1 is 0.773 bits per heavy atom. The van der Waals surface area contributed by atoms with Crippen LogP contribution in [0.2, 0.25) is 0 Å². The highest BCUT2D eigenvalue weighted by atomic mass is 31.2. The zero-order valence-electron chi connectivity index (χ0n) is 10.3. The van der Waals surface area contributed by atoms with Crippen molar-refractivity contribution in [1.29, 1.82) is 0 Å². The number of rotatable bonds is 5. The van der Waals surface area contributed by atoms with E-state index in [9.17, 15) is 18.3 Å². The molecule has 134 valence electrons. The smallest absolute Gasteiger partial charge is 0.371 e. The van der Waals surface area contributed by atoms with Crippen LogP contribution in [0.15, 0.2) is 11.6 Å². The van der Waals surface area contributed by atoms with Crippen LogP contribution < -0.4 is 0 Å². The standard InChI is InChI=1S/C2H8O8P2.C2H6O6P2/c3-1-2(4,11(5,6)7)12(8,9)10;1-2(9(3,4)5)10(6,7)8/h3-4H,1H2,(H2,5,6,7)(H2,8,9,10);1H2,(H2,3,4,5)(H2,6,7,8). The van der Waals surface area contributed by atoms with Crippen LogP contribution in [0, 0.1) is 0 Å². The lowest BCUT2D eigenvalue weighted by atomic mass is 10.8. The third kappa shape index (κ3) is 6.79. The molecule has 0 saturated carbocycles. The maximum absolute atomic E-state index is 10.3. The summed E-state index contributed by atoms with van der Waals surface area (Å²) >= 11 is 0. The summed E-state index contributed by atoms with van der Waals surface area (Å²) in [6, 6.07) is 0. The van der Waals surface area contributed by atoms with E-state index in [-0.39, 0.29) is 0 Å². The molecule has 0 heterocycles. The summed E-state index contributed by atoms with van der Waals surface area (Å²) in [5.74, 6) is 0. The Morgan fingerprint density at radius 2 is 1.00 bits per heavy atom. The van der Waals surface area contributed by atoms with Crippen LogP contribution in [-0.2, 0) is 18.3 Å². The molecular weight excluding hydrogens is 396 g/mol. The van der Waals surface area contributed by atoms with Crippen molar-refractivity contribution >= 4 is 30.4 Å². The zero-order valence-corrected chi connectivity index (χ0v) is 13.9. The average molecular weight is 410 g/mol. The molecule has 22 heavy (non-hydrogen) atoms. The van der Waals surface area contributed by atoms with Crippen molar-refractivity contribution in [2.75, 3.05) is 6.61 Å². The average Bonchev–Trinajstić information content (AvgIpc) is 2.22. The minimum Gasteiger partial charge on any atom is -0.392 e. The van der Waals surface area contributed by atoms with Crippen molar-refractivity contribution in [3.63, 3.8) is 0 Å². The SMILES string of the molecule is C=C(P(=O)(O)O)P(=O)(O)O.O=P(O)(O)C(O)(CO)P(=O)(O)O. The number of hydrogen-bond acceptors (Lipinski definition) is 6. The first-order valence-corrected chi connectivity index (χ1v) is 10.9. The Labute approximate surface area is 122 Å². The minimum atomic E-state index is -5.47. The van der Waals surface area contributed by atoms with Gasteiger partial charge in [0.05, 0.1) is 6.61 Å². The molecule has 18 heteroatoms. The second kappa shape index (κ2) is 7.43. The summed E-state index contributed by atoms with van der Waals surface area (Å²) < 4.78 is 40.8. The van der Waals surface area contributed by atoms with E-state index in [0.717, 1.165) is 0 Å². The lowest BCUT2D eigenvalue weighted by molar-refractivity contribution is 0.0722. The summed E-state index contributed by atoms with van der Waals surface area (Å²) in [6.45, 7) is 0.850. The van der Waals surface area contributed by atoms with E-state index in [4.69, 9.17) is 49.4 Å². The van der Waals surface area contributed by atoms with Gasteiger partial charge in [-0.3, -0.25) is 18.3 Å². The van der Waals surface area contributed by atoms with E-state index < -0.39 is 47.1 Å². The monoisotopic (exact) mass is 410 g/mol. The number of aliphatic hydroxyl groups excluding tert-OH is 1. The van der Waals surface area contributed by atoms with Gasteiger partial charge >= 0.3 is 30.4 Å². The Morgan fingerprint density at radius 3 is 1.00 bits per heavy atom. The van der Waals surface area contributed by atoms with Crippen LogP contribution >= 0.6 is 30.4 Å². The molecule has 0 bridgehead atoms. The molecule has 10 N–H and O–H groups in total. The molecular formula is C4H14O14P4. The molecule has 0 aliphatic heterocycles. The van der Waals surface area contributed by atoms with Crippen LogP contribution in [0.1, 0.15) is 0 Å². The van der Waals surface area contributed by atoms with E-state index in [2.05, 4.69) is 6.58 Å². The van der Waals surface area contributed by atoms with Gasteiger partial charge in [0.1, 0.15) is 5.06 Å². The molecule has 0 spiro atoms. The molecule has 0 saturated heterocycles. The summed E-state index contributed by atoms with van der Waals surface area (Å²) in [4.78, 5) is 65.7. The maximum atomic E-state index is 10.3. The van der Waals surface area contributed by atoms with Crippen LogP contribution in [-0.4, -0.2) is 61.1 Å². The topological polar surface area (TPSA) is 271 Å². The van der Waals surface area contributed by atoms with Gasteiger partial charge in [0.25, 0.3) is 5.08 Å². The van der Waals surface area contributed by atoms with Gasteiger partial charge in [-0.1, -0.05) is 6.58 Å². The first-order valence-electron chi connectivity index (χ1n) is 4.47. The van der Waals surface area contributed by atoms with Crippen molar-refractivity contribution in [3.8, 4) is 0 Å². The van der Waals surface area contributed by atoms with Crippen LogP contribution in [0.25, 0.3) is 0 Å². The highest BCUT2D eigenvalue weighted by molar-refractivity contribution is 7.77. The molecule has 0 radical (unpaired) electrons. The lowest BCUT2D eigenvalue weighted by Gasteiger charge is -2.26. The Bertz CT molecular complexity index is 536. The summed E-state index contributed by atoms with van der Waals surface area (Å²) in [5.41, 5.74) is 0. The fourth-order valence-corrected chi connectivity index (χ4v) is 3.61. The second-order valence-corrected chi connectivity index (χ2v) is 11.1. The van der Waals surface area contributed by atoms with Crippen molar-refractivity contribution in [2.24, 2.45) is 0 Å². The molecule has 14 nitrogen and oxygen atoms in total. The first kappa shape index (κ1) is 24.5. The number of aliphatic hydroxyl groups is 2. The molecule has 0 aromatic heterocycles. The first-order chi connectivity index (χ1) is 9.22. The Kier molecular flexibility index (Phi) is 8.28. The molecule has 0 aliphatic carbocycles. The molecule has 0 aromatic rings. The highest BCUT2D eigenvalue weighted by Gasteiger charge is 2.59. The van der Waals surface area contributed by atoms with Gasteiger partial charge in [0.15, 0.2) is 0 Å². The Hall–Kier alpha value is 0.260. The number of hydrogen-bond donors (Lipinski definition) is 10. The van der Waals surface area contributed by atoms with Crippen molar-refractivity contribution in [2.45, 2.75) is 5.08 Å². The largest absolute Gasteiger partial charge is 0.392 e. The normalized spacial score (nSPS) is 14.1. The fourth-order valence-electron chi connectivity index (χ4n) is 0.524. The molecule has 0 unspecified atom stereocenters. The maximum Gasteiger partial charge on any atom is 0.371 e. The molecule has 0 rings (SSSR count). The fraction of sp³-hybridized carbons (Fsp3) is 0.500. The van der Waals surface area contributed by atoms with Crippen LogP contribution in [0.5, 0.6) is 0 Å². The quantitative estimate of drug-likeness (QED) is 0.215. The molecule has 0 amide bonds. The van der Waals surface area contributed by atoms with Crippen molar-refractivity contribution in [3.05, 3.63) is 11.6 Å². The lowest BCUT2D eigenvalue weighted by Crippen LogP contribution is -2.32. The van der Waals surface area contributed by atoms with Gasteiger partial charge in [-0.2, -0.15) is 0 Å².